The summed E-state index contributed by atoms with van der Waals surface area (Å²) in [6.45, 7) is 9.81. The van der Waals surface area contributed by atoms with Gasteiger partial charge in [-0.25, -0.2) is 9.59 Å². The second-order valence-corrected chi connectivity index (χ2v) is 11.0. The van der Waals surface area contributed by atoms with Crippen molar-refractivity contribution in [1.29, 1.82) is 0 Å². The maximum absolute atomic E-state index is 12.9. The number of benzene rings is 3. The molecule has 0 heterocycles. The fourth-order valence-electron chi connectivity index (χ4n) is 3.46. The van der Waals surface area contributed by atoms with Gasteiger partial charge >= 0.3 is 11.9 Å². The Bertz CT molecular complexity index is 1430. The number of esters is 2. The first-order chi connectivity index (χ1) is 20.8. The molecular formula is C33H32O8S2. The number of hydrogen-bond acceptors (Lipinski definition) is 10. The van der Waals surface area contributed by atoms with E-state index in [1.165, 1.54) is 0 Å². The third kappa shape index (κ3) is 11.5. The van der Waals surface area contributed by atoms with Gasteiger partial charge in [-0.2, -0.15) is 0 Å². The van der Waals surface area contributed by atoms with Gasteiger partial charge < -0.3 is 18.9 Å². The fraction of sp³-hybridized carbons (Fsp3) is 0.212. The van der Waals surface area contributed by atoms with Crippen molar-refractivity contribution < 1.29 is 38.1 Å². The Hall–Kier alpha value is -4.28. The lowest BCUT2D eigenvalue weighted by molar-refractivity contribution is -0.138. The Labute approximate surface area is 259 Å². The van der Waals surface area contributed by atoms with E-state index in [2.05, 4.69) is 13.2 Å². The fourth-order valence-corrected chi connectivity index (χ4v) is 5.11. The summed E-state index contributed by atoms with van der Waals surface area (Å²) in [6.07, 6.45) is 3.30. The molecule has 0 fully saturated rings. The first kappa shape index (κ1) is 33.2. The number of aryl methyl sites for hydroxylation is 1. The molecule has 0 aliphatic rings. The Morgan fingerprint density at radius 1 is 0.651 bits per heavy atom. The third-order valence-corrected chi connectivity index (χ3v) is 7.69. The van der Waals surface area contributed by atoms with E-state index in [0.717, 1.165) is 51.0 Å². The average molecular weight is 621 g/mol. The zero-order valence-electron chi connectivity index (χ0n) is 23.7. The molecule has 0 bridgehead atoms. The lowest BCUT2D eigenvalue weighted by Gasteiger charge is -2.09. The molecule has 0 radical (unpaired) electrons. The van der Waals surface area contributed by atoms with Gasteiger partial charge in [0.25, 0.3) is 0 Å². The molecular weight excluding hydrogens is 588 g/mol. The Morgan fingerprint density at radius 2 is 1.12 bits per heavy atom. The number of thioether (sulfide) groups is 2. The molecule has 3 rings (SSSR count). The van der Waals surface area contributed by atoms with Crippen LogP contribution in [0.2, 0.25) is 0 Å². The summed E-state index contributed by atoms with van der Waals surface area (Å²) in [6, 6.07) is 19.3. The smallest absolute Gasteiger partial charge is 0.330 e. The monoisotopic (exact) mass is 620 g/mol. The van der Waals surface area contributed by atoms with E-state index in [1.807, 2.05) is 25.1 Å². The van der Waals surface area contributed by atoms with Crippen LogP contribution >= 0.6 is 23.5 Å². The van der Waals surface area contributed by atoms with Gasteiger partial charge in [0.1, 0.15) is 11.5 Å². The van der Waals surface area contributed by atoms with E-state index in [-0.39, 0.29) is 23.4 Å². The quantitative estimate of drug-likeness (QED) is 0.0730. The van der Waals surface area contributed by atoms with Gasteiger partial charge in [0.05, 0.1) is 26.4 Å². The van der Waals surface area contributed by atoms with Crippen molar-refractivity contribution in [3.05, 3.63) is 109 Å². The first-order valence-electron chi connectivity index (χ1n) is 13.4. The van der Waals surface area contributed by atoms with Gasteiger partial charge in [-0.05, 0) is 103 Å². The number of carbonyl (C=O) groups is 4. The number of ether oxygens (including phenoxy) is 4. The van der Waals surface area contributed by atoms with Crippen molar-refractivity contribution in [2.24, 2.45) is 0 Å². The van der Waals surface area contributed by atoms with Crippen LogP contribution in [0.25, 0.3) is 0 Å². The molecule has 224 valence electrons. The molecule has 0 aromatic heterocycles. The molecule has 0 N–H and O–H groups in total. The predicted octanol–water partition coefficient (Wildman–Crippen LogP) is 6.86. The van der Waals surface area contributed by atoms with Crippen molar-refractivity contribution in [2.75, 3.05) is 26.4 Å². The summed E-state index contributed by atoms with van der Waals surface area (Å²) in [5.41, 5.74) is 1.96. The summed E-state index contributed by atoms with van der Waals surface area (Å²) in [5.74, 6) is 0.297. The van der Waals surface area contributed by atoms with Crippen LogP contribution in [0.5, 0.6) is 11.5 Å². The number of rotatable bonds is 16. The summed E-state index contributed by atoms with van der Waals surface area (Å²) in [5, 5.41) is -0.221. The highest BCUT2D eigenvalue weighted by molar-refractivity contribution is 8.14. The molecule has 0 saturated carbocycles. The standard InChI is InChI=1S/C33H32O8S2/c1-4-30(34)40-20-6-18-38-26-12-8-24(9-13-26)32(36)42-28-16-17-29(23(3)22-28)43-33(37)25-10-14-27(15-11-25)39-19-7-21-41-31(35)5-2/h4-5,8-17,22H,1-2,6-7,18-21H2,3H3. The van der Waals surface area contributed by atoms with Gasteiger partial charge in [-0.1, -0.05) is 13.2 Å². The number of carbonyl (C=O) groups excluding carboxylic acids is 4. The molecule has 43 heavy (non-hydrogen) atoms. The van der Waals surface area contributed by atoms with Gasteiger partial charge in [-0.15, -0.1) is 0 Å². The molecule has 0 unspecified atom stereocenters. The van der Waals surface area contributed by atoms with Gasteiger partial charge in [0, 0.05) is 45.9 Å². The molecule has 8 nitrogen and oxygen atoms in total. The zero-order chi connectivity index (χ0) is 31.0. The molecule has 3 aromatic carbocycles. The largest absolute Gasteiger partial charge is 0.493 e. The summed E-state index contributed by atoms with van der Waals surface area (Å²) < 4.78 is 21.0. The molecule has 0 amide bonds. The van der Waals surface area contributed by atoms with Crippen LogP contribution in [-0.2, 0) is 19.1 Å². The Balaban J connectivity index is 1.45. The van der Waals surface area contributed by atoms with Gasteiger partial charge in [0.2, 0.25) is 10.2 Å². The van der Waals surface area contributed by atoms with Crippen LogP contribution in [0.4, 0.5) is 0 Å². The maximum Gasteiger partial charge on any atom is 0.330 e. The van der Waals surface area contributed by atoms with Gasteiger partial charge in [-0.3, -0.25) is 9.59 Å². The Morgan fingerprint density at radius 3 is 1.56 bits per heavy atom. The van der Waals surface area contributed by atoms with Crippen molar-refractivity contribution in [3.8, 4) is 11.5 Å². The van der Waals surface area contributed by atoms with E-state index in [4.69, 9.17) is 18.9 Å². The minimum Gasteiger partial charge on any atom is -0.493 e. The lowest BCUT2D eigenvalue weighted by atomic mass is 10.2. The van der Waals surface area contributed by atoms with Crippen LogP contribution in [0, 0.1) is 6.92 Å². The summed E-state index contributed by atoms with van der Waals surface area (Å²) in [7, 11) is 0. The van der Waals surface area contributed by atoms with Crippen LogP contribution in [0.3, 0.4) is 0 Å². The molecule has 0 spiro atoms. The Kier molecular flexibility index (Phi) is 13.6. The summed E-state index contributed by atoms with van der Waals surface area (Å²) in [4.78, 5) is 49.3. The summed E-state index contributed by atoms with van der Waals surface area (Å²) >= 11 is 2.23. The number of hydrogen-bond donors (Lipinski definition) is 0. The maximum atomic E-state index is 12.9. The van der Waals surface area contributed by atoms with Crippen LogP contribution in [0.15, 0.2) is 102 Å². The van der Waals surface area contributed by atoms with Crippen LogP contribution in [-0.4, -0.2) is 48.6 Å². The van der Waals surface area contributed by atoms with Crippen molar-refractivity contribution in [3.63, 3.8) is 0 Å². The SMILES string of the molecule is C=CC(=O)OCCCOc1ccc(C(=O)Sc2ccc(SC(=O)c3ccc(OCCCOC(=O)C=C)cc3)c(C)c2)cc1. The predicted molar refractivity (Wildman–Crippen MR) is 167 cm³/mol. The molecule has 10 heteroatoms. The minimum atomic E-state index is -0.467. The van der Waals surface area contributed by atoms with Crippen LogP contribution in [0.1, 0.15) is 39.1 Å². The van der Waals surface area contributed by atoms with E-state index < -0.39 is 11.9 Å². The molecule has 0 aliphatic carbocycles. The van der Waals surface area contributed by atoms with Crippen molar-refractivity contribution in [1.82, 2.24) is 0 Å². The van der Waals surface area contributed by atoms with E-state index >= 15 is 0 Å². The highest BCUT2D eigenvalue weighted by Gasteiger charge is 2.13. The first-order valence-corrected chi connectivity index (χ1v) is 15.0. The second kappa shape index (κ2) is 17.6. The zero-order valence-corrected chi connectivity index (χ0v) is 25.4. The molecule has 0 aliphatic heterocycles. The van der Waals surface area contributed by atoms with Crippen molar-refractivity contribution in [2.45, 2.75) is 29.6 Å². The van der Waals surface area contributed by atoms with E-state index in [0.29, 0.717) is 48.7 Å². The van der Waals surface area contributed by atoms with E-state index in [1.54, 1.807) is 48.5 Å². The highest BCUT2D eigenvalue weighted by Crippen LogP contribution is 2.31. The van der Waals surface area contributed by atoms with E-state index in [9.17, 15) is 19.2 Å². The molecule has 0 atom stereocenters. The molecule has 0 saturated heterocycles. The van der Waals surface area contributed by atoms with Crippen LogP contribution < -0.4 is 9.47 Å². The second-order valence-electron chi connectivity index (χ2n) is 8.90. The third-order valence-electron chi connectivity index (χ3n) is 5.68. The van der Waals surface area contributed by atoms with Crippen molar-refractivity contribution >= 4 is 45.7 Å². The minimum absolute atomic E-state index is 0.109. The average Bonchev–Trinajstić information content (AvgIpc) is 3.02. The highest BCUT2D eigenvalue weighted by atomic mass is 32.2. The van der Waals surface area contributed by atoms with Gasteiger partial charge in [0.15, 0.2) is 0 Å². The molecule has 3 aromatic rings. The topological polar surface area (TPSA) is 105 Å². The normalized spacial score (nSPS) is 10.3. The lowest BCUT2D eigenvalue weighted by Crippen LogP contribution is -2.06.